The zero-order valence-electron chi connectivity index (χ0n) is 18.9. The van der Waals surface area contributed by atoms with E-state index in [0.717, 1.165) is 36.8 Å². The molecule has 0 radical (unpaired) electrons. The number of benzene rings is 2. The van der Waals surface area contributed by atoms with Crippen molar-refractivity contribution in [2.45, 2.75) is 50.7 Å². The first kappa shape index (κ1) is 22.6. The van der Waals surface area contributed by atoms with Gasteiger partial charge in [-0.15, -0.1) is 0 Å². The number of hydrogen-bond acceptors (Lipinski definition) is 4. The van der Waals surface area contributed by atoms with Gasteiger partial charge >= 0.3 is 0 Å². The van der Waals surface area contributed by atoms with E-state index in [0.29, 0.717) is 5.75 Å². The third-order valence-electron chi connectivity index (χ3n) is 6.15. The molecule has 0 bridgehead atoms. The van der Waals surface area contributed by atoms with Crippen LogP contribution in [0.3, 0.4) is 0 Å². The van der Waals surface area contributed by atoms with E-state index in [1.54, 1.807) is 24.1 Å². The van der Waals surface area contributed by atoms with Gasteiger partial charge in [0.1, 0.15) is 11.8 Å². The van der Waals surface area contributed by atoms with Crippen molar-refractivity contribution in [3.63, 3.8) is 0 Å². The van der Waals surface area contributed by atoms with E-state index >= 15 is 0 Å². The molecule has 33 heavy (non-hydrogen) atoms. The minimum absolute atomic E-state index is 0.129. The molecule has 1 N–H and O–H groups in total. The van der Waals surface area contributed by atoms with Gasteiger partial charge in [-0.3, -0.25) is 9.59 Å². The molecule has 0 unspecified atom stereocenters. The predicted molar refractivity (Wildman–Crippen MR) is 126 cm³/mol. The molecule has 6 nitrogen and oxygen atoms in total. The normalized spacial score (nSPS) is 14.9. The maximum Gasteiger partial charge on any atom is 0.290 e. The molecule has 1 heterocycles. The van der Waals surface area contributed by atoms with Crippen LogP contribution in [0, 0.1) is 0 Å². The maximum atomic E-state index is 13.7. The van der Waals surface area contributed by atoms with Crippen molar-refractivity contribution < 1.29 is 18.7 Å². The Hall–Kier alpha value is -3.54. The van der Waals surface area contributed by atoms with Gasteiger partial charge in [-0.05, 0) is 36.6 Å². The van der Waals surface area contributed by atoms with Gasteiger partial charge < -0.3 is 19.4 Å². The fraction of sp³-hybridized carbons (Fsp3) is 0.333. The van der Waals surface area contributed by atoms with Gasteiger partial charge in [-0.1, -0.05) is 67.8 Å². The van der Waals surface area contributed by atoms with Crippen LogP contribution in [0.25, 0.3) is 0 Å². The molecule has 0 spiro atoms. The topological polar surface area (TPSA) is 71.8 Å². The van der Waals surface area contributed by atoms with E-state index in [1.807, 2.05) is 54.6 Å². The van der Waals surface area contributed by atoms with Crippen LogP contribution in [-0.4, -0.2) is 29.9 Å². The van der Waals surface area contributed by atoms with Crippen molar-refractivity contribution in [1.29, 1.82) is 0 Å². The molecule has 3 aromatic rings. The lowest BCUT2D eigenvalue weighted by molar-refractivity contribution is -0.127. The van der Waals surface area contributed by atoms with Crippen LogP contribution in [0.4, 0.5) is 0 Å². The standard InChI is InChI=1S/C27H30N2O4/c1-32-23-16-9-8-13-21(23)19-29(27(31)24-17-10-18-33-24)25(20-11-4-2-5-12-20)26(30)28-22-14-6-3-7-15-22/h2,4-5,8-13,16-18,22,25H,3,6-7,14-15,19H2,1H3,(H,28,30)/t25-/m0/s1. The predicted octanol–water partition coefficient (Wildman–Crippen LogP) is 5.12. The quantitative estimate of drug-likeness (QED) is 0.521. The van der Waals surface area contributed by atoms with Crippen molar-refractivity contribution in [3.05, 3.63) is 89.9 Å². The molecule has 172 valence electrons. The van der Waals surface area contributed by atoms with E-state index in [1.165, 1.54) is 12.7 Å². The Labute approximate surface area is 194 Å². The van der Waals surface area contributed by atoms with Crippen molar-refractivity contribution >= 4 is 11.8 Å². The zero-order chi connectivity index (χ0) is 23.0. The number of amides is 2. The van der Waals surface area contributed by atoms with Crippen molar-refractivity contribution in [2.24, 2.45) is 0 Å². The van der Waals surface area contributed by atoms with Gasteiger partial charge in [0.25, 0.3) is 5.91 Å². The molecule has 0 saturated heterocycles. The first-order valence-corrected chi connectivity index (χ1v) is 11.5. The SMILES string of the molecule is COc1ccccc1CN(C(=O)c1ccco1)[C@H](C(=O)NC1CCCCC1)c1ccccc1. The monoisotopic (exact) mass is 446 g/mol. The second-order valence-electron chi connectivity index (χ2n) is 8.38. The molecule has 6 heteroatoms. The summed E-state index contributed by atoms with van der Waals surface area (Å²) in [7, 11) is 1.60. The van der Waals surface area contributed by atoms with Gasteiger partial charge in [0.2, 0.25) is 5.91 Å². The van der Waals surface area contributed by atoms with Crippen molar-refractivity contribution in [2.75, 3.05) is 7.11 Å². The highest BCUT2D eigenvalue weighted by molar-refractivity contribution is 5.96. The first-order valence-electron chi connectivity index (χ1n) is 11.5. The lowest BCUT2D eigenvalue weighted by Crippen LogP contribution is -2.46. The van der Waals surface area contributed by atoms with Crippen LogP contribution in [0.5, 0.6) is 5.75 Å². The van der Waals surface area contributed by atoms with Gasteiger partial charge in [-0.25, -0.2) is 0 Å². The number of para-hydroxylation sites is 1. The van der Waals surface area contributed by atoms with Gasteiger partial charge in [-0.2, -0.15) is 0 Å². The molecule has 1 fully saturated rings. The van der Waals surface area contributed by atoms with Crippen LogP contribution in [0.15, 0.2) is 77.4 Å². The number of rotatable bonds is 8. The molecule has 1 aliphatic rings. The minimum Gasteiger partial charge on any atom is -0.496 e. The number of carbonyl (C=O) groups excluding carboxylic acids is 2. The fourth-order valence-electron chi connectivity index (χ4n) is 4.47. The van der Waals surface area contributed by atoms with Crippen LogP contribution in [0.1, 0.15) is 59.8 Å². The molecule has 4 rings (SSSR count). The average molecular weight is 447 g/mol. The number of nitrogens with one attached hydrogen (secondary N) is 1. The summed E-state index contributed by atoms with van der Waals surface area (Å²) in [5.41, 5.74) is 1.56. The highest BCUT2D eigenvalue weighted by Gasteiger charge is 2.34. The first-order chi connectivity index (χ1) is 16.2. The van der Waals surface area contributed by atoms with Crippen LogP contribution in [0.2, 0.25) is 0 Å². The lowest BCUT2D eigenvalue weighted by Gasteiger charge is -2.33. The molecule has 1 atom stereocenters. The number of furan rings is 1. The summed E-state index contributed by atoms with van der Waals surface area (Å²) in [5, 5.41) is 3.22. The highest BCUT2D eigenvalue weighted by atomic mass is 16.5. The van der Waals surface area contributed by atoms with Crippen LogP contribution in [-0.2, 0) is 11.3 Å². The smallest absolute Gasteiger partial charge is 0.290 e. The number of carbonyl (C=O) groups is 2. The molecule has 2 aromatic carbocycles. The molecule has 1 aromatic heterocycles. The Morgan fingerprint density at radius 3 is 2.42 bits per heavy atom. The number of methoxy groups -OCH3 is 1. The summed E-state index contributed by atoms with van der Waals surface area (Å²) in [6.45, 7) is 0.196. The molecular weight excluding hydrogens is 416 g/mol. The summed E-state index contributed by atoms with van der Waals surface area (Å²) in [4.78, 5) is 28.9. The Morgan fingerprint density at radius 2 is 1.73 bits per heavy atom. The number of ether oxygens (including phenoxy) is 1. The van der Waals surface area contributed by atoms with E-state index in [9.17, 15) is 9.59 Å². The second kappa shape index (κ2) is 10.9. The lowest BCUT2D eigenvalue weighted by atomic mass is 9.94. The minimum atomic E-state index is -0.810. The van der Waals surface area contributed by atoms with Crippen molar-refractivity contribution in [1.82, 2.24) is 10.2 Å². The Kier molecular flexibility index (Phi) is 7.45. The number of hydrogen-bond donors (Lipinski definition) is 1. The van der Waals surface area contributed by atoms with Crippen molar-refractivity contribution in [3.8, 4) is 5.75 Å². The Bertz CT molecular complexity index is 1040. The summed E-state index contributed by atoms with van der Waals surface area (Å²) >= 11 is 0. The van der Waals surface area contributed by atoms with Crippen LogP contribution < -0.4 is 10.1 Å². The summed E-state index contributed by atoms with van der Waals surface area (Å²) < 4.78 is 11.0. The third-order valence-corrected chi connectivity index (χ3v) is 6.15. The highest BCUT2D eigenvalue weighted by Crippen LogP contribution is 2.29. The van der Waals surface area contributed by atoms with E-state index < -0.39 is 6.04 Å². The average Bonchev–Trinajstić information content (AvgIpc) is 3.40. The van der Waals surface area contributed by atoms with E-state index in [-0.39, 0.29) is 30.2 Å². The molecular formula is C27H30N2O4. The number of nitrogens with zero attached hydrogens (tertiary/aromatic N) is 1. The second-order valence-corrected chi connectivity index (χ2v) is 8.38. The Balaban J connectivity index is 1.73. The van der Waals surface area contributed by atoms with E-state index in [4.69, 9.17) is 9.15 Å². The summed E-state index contributed by atoms with van der Waals surface area (Å²) in [6, 6.07) is 19.6. The summed E-state index contributed by atoms with van der Waals surface area (Å²) in [6.07, 6.45) is 6.81. The van der Waals surface area contributed by atoms with Gasteiger partial charge in [0, 0.05) is 11.6 Å². The van der Waals surface area contributed by atoms with Crippen LogP contribution >= 0.6 is 0 Å². The molecule has 2 amide bonds. The Morgan fingerprint density at radius 1 is 1.00 bits per heavy atom. The maximum absolute atomic E-state index is 13.7. The fourth-order valence-corrected chi connectivity index (χ4v) is 4.47. The third kappa shape index (κ3) is 5.45. The van der Waals surface area contributed by atoms with Gasteiger partial charge in [0.05, 0.1) is 19.9 Å². The molecule has 0 aliphatic heterocycles. The molecule has 1 aliphatic carbocycles. The summed E-state index contributed by atoms with van der Waals surface area (Å²) in [5.74, 6) is 0.326. The largest absolute Gasteiger partial charge is 0.496 e. The van der Waals surface area contributed by atoms with E-state index in [2.05, 4.69) is 5.32 Å². The van der Waals surface area contributed by atoms with Gasteiger partial charge in [0.15, 0.2) is 5.76 Å². The zero-order valence-corrected chi connectivity index (χ0v) is 18.9. The molecule has 1 saturated carbocycles.